The quantitative estimate of drug-likeness (QED) is 0.376. The number of esters is 1. The first-order chi connectivity index (χ1) is 13.6. The van der Waals surface area contributed by atoms with Crippen molar-refractivity contribution in [3.05, 3.63) is 29.3 Å². The molecule has 6 nitrogen and oxygen atoms in total. The number of methoxy groups -OCH3 is 1. The summed E-state index contributed by atoms with van der Waals surface area (Å²) < 4.78 is 30.3. The summed E-state index contributed by atoms with van der Waals surface area (Å²) in [6.45, 7) is 11.6. The monoisotopic (exact) mass is 425 g/mol. The second kappa shape index (κ2) is 10.1. The molecule has 1 aromatic carbocycles. The maximum absolute atomic E-state index is 13.7. The van der Waals surface area contributed by atoms with Crippen LogP contribution in [0, 0.1) is 5.92 Å². The fourth-order valence-corrected chi connectivity index (χ4v) is 5.15. The number of para-hydroxylation sites is 1. The van der Waals surface area contributed by atoms with Crippen molar-refractivity contribution < 1.29 is 23.4 Å². The predicted octanol–water partition coefficient (Wildman–Crippen LogP) is 5.43. The lowest BCUT2D eigenvalue weighted by Gasteiger charge is -2.28. The lowest BCUT2D eigenvalue weighted by Crippen LogP contribution is -2.36. The van der Waals surface area contributed by atoms with E-state index >= 15 is 0 Å². The summed E-state index contributed by atoms with van der Waals surface area (Å²) in [5.41, 5.74) is 2.07. The fourth-order valence-electron chi connectivity index (χ4n) is 3.43. The van der Waals surface area contributed by atoms with Crippen molar-refractivity contribution in [3.8, 4) is 5.75 Å². The molecule has 7 heteroatoms. The predicted molar refractivity (Wildman–Crippen MR) is 116 cm³/mol. The molecule has 1 fully saturated rings. The van der Waals surface area contributed by atoms with Crippen molar-refractivity contribution in [2.75, 3.05) is 13.5 Å². The van der Waals surface area contributed by atoms with Crippen LogP contribution in [0.3, 0.4) is 0 Å². The minimum Gasteiger partial charge on any atom is -0.462 e. The first kappa shape index (κ1) is 23.9. The highest BCUT2D eigenvalue weighted by atomic mass is 31.2. The van der Waals surface area contributed by atoms with Crippen LogP contribution in [-0.4, -0.2) is 31.6 Å². The van der Waals surface area contributed by atoms with E-state index < -0.39 is 19.5 Å². The van der Waals surface area contributed by atoms with Crippen LogP contribution >= 0.6 is 7.52 Å². The molecule has 2 rings (SSSR count). The SMILES string of the molecule is COCP(=O)(NC(C)C(=O)OC(C)C)Oc1c(C(C)C)cccc1C(C)C1CC1. The molecular formula is C22H36NO5P. The number of ether oxygens (including phenoxy) is 2. The second-order valence-electron chi connectivity index (χ2n) is 8.57. The number of benzene rings is 1. The van der Waals surface area contributed by atoms with E-state index in [-0.39, 0.29) is 18.4 Å². The molecule has 1 aliphatic carbocycles. The Balaban J connectivity index is 2.35. The van der Waals surface area contributed by atoms with Gasteiger partial charge in [-0.2, -0.15) is 0 Å². The molecule has 0 bridgehead atoms. The number of rotatable bonds is 11. The summed E-state index contributed by atoms with van der Waals surface area (Å²) in [6.07, 6.45) is 2.02. The van der Waals surface area contributed by atoms with Gasteiger partial charge in [0.2, 0.25) is 0 Å². The summed E-state index contributed by atoms with van der Waals surface area (Å²) in [4.78, 5) is 12.2. The Hall–Kier alpha value is -1.36. The van der Waals surface area contributed by atoms with Crippen LogP contribution in [-0.2, 0) is 18.8 Å². The standard InChI is InChI=1S/C22H36NO5P/c1-14(2)19-9-8-10-20(16(5)18-11-12-18)21(19)28-29(25,13-26-7)23-17(6)22(24)27-15(3)4/h8-10,14-18H,11-13H2,1-7H3,(H,23,25). The van der Waals surface area contributed by atoms with Gasteiger partial charge in [-0.3, -0.25) is 9.36 Å². The summed E-state index contributed by atoms with van der Waals surface area (Å²) in [7, 11) is -2.04. The fraction of sp³-hybridized carbons (Fsp3) is 0.682. The average Bonchev–Trinajstić information content (AvgIpc) is 3.45. The van der Waals surface area contributed by atoms with E-state index in [1.165, 1.54) is 20.0 Å². The number of carbonyl (C=O) groups is 1. The lowest BCUT2D eigenvalue weighted by atomic mass is 9.90. The van der Waals surface area contributed by atoms with Gasteiger partial charge in [0.05, 0.1) is 6.10 Å². The smallest absolute Gasteiger partial charge is 0.342 e. The Morgan fingerprint density at radius 3 is 2.28 bits per heavy atom. The van der Waals surface area contributed by atoms with Gasteiger partial charge < -0.3 is 14.0 Å². The van der Waals surface area contributed by atoms with Gasteiger partial charge in [0.25, 0.3) is 0 Å². The van der Waals surface area contributed by atoms with Crippen LogP contribution in [0.4, 0.5) is 0 Å². The van der Waals surface area contributed by atoms with Gasteiger partial charge in [-0.1, -0.05) is 39.0 Å². The van der Waals surface area contributed by atoms with E-state index in [9.17, 15) is 9.36 Å². The second-order valence-corrected chi connectivity index (χ2v) is 10.6. The third-order valence-electron chi connectivity index (χ3n) is 5.15. The van der Waals surface area contributed by atoms with Crippen LogP contribution in [0.15, 0.2) is 18.2 Å². The number of hydrogen-bond donors (Lipinski definition) is 1. The molecule has 0 spiro atoms. The van der Waals surface area contributed by atoms with E-state index in [1.807, 2.05) is 12.1 Å². The van der Waals surface area contributed by atoms with E-state index in [2.05, 4.69) is 31.9 Å². The highest BCUT2D eigenvalue weighted by molar-refractivity contribution is 7.57. The largest absolute Gasteiger partial charge is 0.462 e. The first-order valence-corrected chi connectivity index (χ1v) is 12.3. The van der Waals surface area contributed by atoms with E-state index in [0.717, 1.165) is 11.1 Å². The van der Waals surface area contributed by atoms with Gasteiger partial charge in [0.1, 0.15) is 18.1 Å². The molecule has 1 N–H and O–H groups in total. The Morgan fingerprint density at radius 1 is 1.14 bits per heavy atom. The molecule has 3 atom stereocenters. The minimum absolute atomic E-state index is 0.143. The third-order valence-corrected chi connectivity index (χ3v) is 7.01. The van der Waals surface area contributed by atoms with Crippen LogP contribution in [0.1, 0.15) is 77.3 Å². The van der Waals surface area contributed by atoms with E-state index in [1.54, 1.807) is 20.8 Å². The highest BCUT2D eigenvalue weighted by Crippen LogP contribution is 2.51. The van der Waals surface area contributed by atoms with Crippen molar-refractivity contribution in [3.63, 3.8) is 0 Å². The van der Waals surface area contributed by atoms with Crippen molar-refractivity contribution in [1.29, 1.82) is 0 Å². The third kappa shape index (κ3) is 6.56. The molecule has 0 radical (unpaired) electrons. The topological polar surface area (TPSA) is 73.9 Å². The molecular weight excluding hydrogens is 389 g/mol. The molecule has 3 unspecified atom stereocenters. The number of hydrogen-bond acceptors (Lipinski definition) is 5. The highest BCUT2D eigenvalue weighted by Gasteiger charge is 2.35. The molecule has 29 heavy (non-hydrogen) atoms. The Morgan fingerprint density at radius 2 is 1.76 bits per heavy atom. The van der Waals surface area contributed by atoms with E-state index in [4.69, 9.17) is 14.0 Å². The van der Waals surface area contributed by atoms with Crippen molar-refractivity contribution in [2.45, 2.75) is 78.4 Å². The molecule has 0 aliphatic heterocycles. The first-order valence-electron chi connectivity index (χ1n) is 10.5. The number of nitrogens with one attached hydrogen (secondary N) is 1. The number of carbonyl (C=O) groups excluding carboxylic acids is 1. The van der Waals surface area contributed by atoms with Gasteiger partial charge in [-0.15, -0.1) is 0 Å². The molecule has 164 valence electrons. The molecule has 0 aromatic heterocycles. The van der Waals surface area contributed by atoms with Gasteiger partial charge in [-0.25, -0.2) is 5.09 Å². The zero-order valence-corrected chi connectivity index (χ0v) is 19.6. The Kier molecular flexibility index (Phi) is 8.33. The van der Waals surface area contributed by atoms with Crippen LogP contribution in [0.25, 0.3) is 0 Å². The Bertz CT molecular complexity index is 745. The average molecular weight is 426 g/mol. The van der Waals surface area contributed by atoms with E-state index in [0.29, 0.717) is 17.6 Å². The Labute approximate surface area is 175 Å². The van der Waals surface area contributed by atoms with Crippen molar-refractivity contribution in [2.24, 2.45) is 5.92 Å². The maximum Gasteiger partial charge on any atom is 0.342 e. The van der Waals surface area contributed by atoms with Gasteiger partial charge in [0.15, 0.2) is 0 Å². The van der Waals surface area contributed by atoms with Crippen LogP contribution in [0.5, 0.6) is 5.75 Å². The van der Waals surface area contributed by atoms with Gasteiger partial charge in [-0.05, 0) is 62.5 Å². The normalized spacial score (nSPS) is 18.4. The molecule has 0 amide bonds. The molecule has 1 saturated carbocycles. The van der Waals surface area contributed by atoms with Crippen LogP contribution < -0.4 is 9.61 Å². The summed E-state index contributed by atoms with van der Waals surface area (Å²) in [5.74, 6) is 1.34. The molecule has 0 saturated heterocycles. The molecule has 1 aliphatic rings. The summed E-state index contributed by atoms with van der Waals surface area (Å²) in [6, 6.07) is 5.32. The zero-order chi connectivity index (χ0) is 21.8. The summed E-state index contributed by atoms with van der Waals surface area (Å²) >= 11 is 0. The molecule has 1 aromatic rings. The lowest BCUT2D eigenvalue weighted by molar-refractivity contribution is -0.149. The minimum atomic E-state index is -3.51. The maximum atomic E-state index is 13.7. The van der Waals surface area contributed by atoms with Crippen molar-refractivity contribution in [1.82, 2.24) is 5.09 Å². The van der Waals surface area contributed by atoms with Crippen molar-refractivity contribution >= 4 is 13.5 Å². The van der Waals surface area contributed by atoms with Gasteiger partial charge in [0, 0.05) is 7.11 Å². The van der Waals surface area contributed by atoms with Gasteiger partial charge >= 0.3 is 13.5 Å². The molecule has 0 heterocycles. The summed E-state index contributed by atoms with van der Waals surface area (Å²) in [5, 5.41) is 2.86. The zero-order valence-electron chi connectivity index (χ0n) is 18.7. The van der Waals surface area contributed by atoms with Crippen LogP contribution in [0.2, 0.25) is 0 Å².